The van der Waals surface area contributed by atoms with E-state index in [0.29, 0.717) is 0 Å². The molecular formula is C15H20N2O2. The Bertz CT molecular complexity index is 521. The van der Waals surface area contributed by atoms with Crippen LogP contribution in [0.1, 0.15) is 32.3 Å². The molecule has 0 bridgehead atoms. The van der Waals surface area contributed by atoms with Crippen LogP contribution >= 0.6 is 0 Å². The summed E-state index contributed by atoms with van der Waals surface area (Å²) in [7, 11) is 0. The summed E-state index contributed by atoms with van der Waals surface area (Å²) in [5.41, 5.74) is 2.53. The molecule has 0 spiro atoms. The van der Waals surface area contributed by atoms with Gasteiger partial charge in [-0.2, -0.15) is 0 Å². The molecule has 0 unspecified atom stereocenters. The van der Waals surface area contributed by atoms with Gasteiger partial charge in [-0.25, -0.2) is 4.79 Å². The highest BCUT2D eigenvalue weighted by molar-refractivity contribution is 5.67. The minimum atomic E-state index is -0.913. The van der Waals surface area contributed by atoms with Gasteiger partial charge in [0.2, 0.25) is 0 Å². The van der Waals surface area contributed by atoms with Crippen molar-refractivity contribution in [1.29, 1.82) is 0 Å². The van der Waals surface area contributed by atoms with Gasteiger partial charge in [-0.15, -0.1) is 0 Å². The van der Waals surface area contributed by atoms with Crippen molar-refractivity contribution in [3.63, 3.8) is 0 Å². The maximum Gasteiger partial charge on any atom is 0.405 e. The van der Waals surface area contributed by atoms with E-state index in [4.69, 9.17) is 5.11 Å². The van der Waals surface area contributed by atoms with Gasteiger partial charge in [-0.05, 0) is 24.5 Å². The van der Waals surface area contributed by atoms with Crippen LogP contribution in [0.3, 0.4) is 0 Å². The summed E-state index contributed by atoms with van der Waals surface area (Å²) in [5.74, 6) is 0. The fraction of sp³-hybridized carbons (Fsp3) is 0.533. The molecule has 2 aliphatic rings. The molecule has 19 heavy (non-hydrogen) atoms. The van der Waals surface area contributed by atoms with E-state index in [0.717, 1.165) is 25.9 Å². The number of para-hydroxylation sites is 1. The van der Waals surface area contributed by atoms with E-state index in [2.05, 4.69) is 48.3 Å². The van der Waals surface area contributed by atoms with Crippen LogP contribution in [0, 0.1) is 0 Å². The molecule has 102 valence electrons. The van der Waals surface area contributed by atoms with Crippen LogP contribution in [-0.2, 0) is 5.41 Å². The zero-order valence-electron chi connectivity index (χ0n) is 11.4. The number of carboxylic acid groups (broad SMARTS) is 1. The van der Waals surface area contributed by atoms with Gasteiger partial charge in [-0.3, -0.25) is 0 Å². The number of nitrogens with zero attached hydrogens (tertiary/aromatic N) is 1. The van der Waals surface area contributed by atoms with E-state index >= 15 is 0 Å². The zero-order valence-corrected chi connectivity index (χ0v) is 11.4. The Labute approximate surface area is 113 Å². The minimum Gasteiger partial charge on any atom is -0.465 e. The second-order valence-electron chi connectivity index (χ2n) is 6.47. The lowest BCUT2D eigenvalue weighted by Gasteiger charge is -2.27. The summed E-state index contributed by atoms with van der Waals surface area (Å²) in [6.07, 6.45) is 0.973. The summed E-state index contributed by atoms with van der Waals surface area (Å²) < 4.78 is 0. The third kappa shape index (κ3) is 2.15. The van der Waals surface area contributed by atoms with Crippen molar-refractivity contribution in [2.75, 3.05) is 18.0 Å². The number of anilines is 1. The van der Waals surface area contributed by atoms with Crippen LogP contribution < -0.4 is 10.2 Å². The molecule has 0 atom stereocenters. The van der Waals surface area contributed by atoms with E-state index < -0.39 is 6.09 Å². The van der Waals surface area contributed by atoms with E-state index in [-0.39, 0.29) is 11.0 Å². The number of carbonyl (C=O) groups is 1. The van der Waals surface area contributed by atoms with Gasteiger partial charge in [0.1, 0.15) is 0 Å². The number of benzene rings is 1. The summed E-state index contributed by atoms with van der Waals surface area (Å²) in [4.78, 5) is 13.2. The Morgan fingerprint density at radius 1 is 1.37 bits per heavy atom. The number of nitrogens with one attached hydrogen (secondary N) is 1. The maximum atomic E-state index is 10.9. The van der Waals surface area contributed by atoms with Crippen molar-refractivity contribution in [3.05, 3.63) is 29.8 Å². The number of rotatable bonds is 3. The molecule has 1 amide bonds. The van der Waals surface area contributed by atoms with Crippen molar-refractivity contribution < 1.29 is 9.90 Å². The van der Waals surface area contributed by atoms with Crippen molar-refractivity contribution in [2.24, 2.45) is 0 Å². The largest absolute Gasteiger partial charge is 0.465 e. The SMILES string of the molecule is CC1(C)CN(CC2(NC(=O)O)CC2)c2ccccc21. The van der Waals surface area contributed by atoms with Crippen LogP contribution in [0.5, 0.6) is 0 Å². The molecule has 0 radical (unpaired) electrons. The van der Waals surface area contributed by atoms with Gasteiger partial charge < -0.3 is 15.3 Å². The van der Waals surface area contributed by atoms with E-state index in [9.17, 15) is 4.79 Å². The Morgan fingerprint density at radius 3 is 2.68 bits per heavy atom. The molecule has 4 heteroatoms. The van der Waals surface area contributed by atoms with Gasteiger partial charge in [0.05, 0.1) is 5.54 Å². The van der Waals surface area contributed by atoms with E-state index in [1.165, 1.54) is 11.3 Å². The van der Waals surface area contributed by atoms with E-state index in [1.54, 1.807) is 0 Å². The molecule has 1 aliphatic carbocycles. The van der Waals surface area contributed by atoms with Crippen LogP contribution in [0.2, 0.25) is 0 Å². The standard InChI is InChI=1S/C15H20N2O2/c1-14(2)9-17(12-6-4-3-5-11(12)14)10-15(7-8-15)16-13(18)19/h3-6,16H,7-10H2,1-2H3,(H,18,19). The second-order valence-corrected chi connectivity index (χ2v) is 6.47. The van der Waals surface area contributed by atoms with Crippen LogP contribution in [0.15, 0.2) is 24.3 Å². The Hall–Kier alpha value is -1.71. The summed E-state index contributed by atoms with van der Waals surface area (Å²) >= 11 is 0. The number of hydrogen-bond acceptors (Lipinski definition) is 2. The van der Waals surface area contributed by atoms with Crippen molar-refractivity contribution in [3.8, 4) is 0 Å². The lowest BCUT2D eigenvalue weighted by atomic mass is 9.87. The summed E-state index contributed by atoms with van der Waals surface area (Å²) in [5, 5.41) is 11.6. The first kappa shape index (κ1) is 12.3. The molecule has 4 nitrogen and oxygen atoms in total. The molecular weight excluding hydrogens is 240 g/mol. The van der Waals surface area contributed by atoms with Gasteiger partial charge >= 0.3 is 6.09 Å². The lowest BCUT2D eigenvalue weighted by Crippen LogP contribution is -2.46. The highest BCUT2D eigenvalue weighted by Crippen LogP contribution is 2.44. The highest BCUT2D eigenvalue weighted by Gasteiger charge is 2.48. The maximum absolute atomic E-state index is 10.9. The molecule has 1 aliphatic heterocycles. The number of amides is 1. The molecule has 1 heterocycles. The predicted molar refractivity (Wildman–Crippen MR) is 74.8 cm³/mol. The first-order chi connectivity index (χ1) is 8.92. The quantitative estimate of drug-likeness (QED) is 0.878. The van der Waals surface area contributed by atoms with Gasteiger partial charge in [0.25, 0.3) is 0 Å². The van der Waals surface area contributed by atoms with Crippen LogP contribution in [0.4, 0.5) is 10.5 Å². The highest BCUT2D eigenvalue weighted by atomic mass is 16.4. The fourth-order valence-electron chi connectivity index (χ4n) is 3.18. The molecule has 1 aromatic rings. The smallest absolute Gasteiger partial charge is 0.405 e. The topological polar surface area (TPSA) is 52.6 Å². The first-order valence-corrected chi connectivity index (χ1v) is 6.78. The molecule has 0 aromatic heterocycles. The Morgan fingerprint density at radius 2 is 2.05 bits per heavy atom. The Kier molecular flexibility index (Phi) is 2.52. The van der Waals surface area contributed by atoms with Gasteiger partial charge in [0.15, 0.2) is 0 Å². The lowest BCUT2D eigenvalue weighted by molar-refractivity contribution is 0.188. The average molecular weight is 260 g/mol. The zero-order chi connectivity index (χ0) is 13.7. The minimum absolute atomic E-state index is 0.135. The van der Waals surface area contributed by atoms with Crippen LogP contribution in [-0.4, -0.2) is 29.8 Å². The fourth-order valence-corrected chi connectivity index (χ4v) is 3.18. The molecule has 1 saturated carbocycles. The van der Waals surface area contributed by atoms with Crippen LogP contribution in [0.25, 0.3) is 0 Å². The molecule has 0 saturated heterocycles. The van der Waals surface area contributed by atoms with Crippen molar-refractivity contribution >= 4 is 11.8 Å². The third-order valence-corrected chi connectivity index (χ3v) is 4.28. The molecule has 2 N–H and O–H groups in total. The first-order valence-electron chi connectivity index (χ1n) is 6.78. The monoisotopic (exact) mass is 260 g/mol. The molecule has 1 fully saturated rings. The summed E-state index contributed by atoms with van der Waals surface area (Å²) in [6.45, 7) is 6.22. The molecule has 3 rings (SSSR count). The van der Waals surface area contributed by atoms with Gasteiger partial charge in [0, 0.05) is 24.2 Å². The predicted octanol–water partition coefficient (Wildman–Crippen LogP) is 2.58. The normalized spacial score (nSPS) is 21.9. The third-order valence-electron chi connectivity index (χ3n) is 4.28. The average Bonchev–Trinajstić information content (AvgIpc) is 3.01. The van der Waals surface area contributed by atoms with Crippen molar-refractivity contribution in [1.82, 2.24) is 5.32 Å². The molecule has 1 aromatic carbocycles. The second kappa shape index (κ2) is 3.89. The number of hydrogen-bond donors (Lipinski definition) is 2. The number of fused-ring (bicyclic) bond motifs is 1. The van der Waals surface area contributed by atoms with Gasteiger partial charge in [-0.1, -0.05) is 32.0 Å². The Balaban J connectivity index is 1.83. The summed E-state index contributed by atoms with van der Waals surface area (Å²) in [6, 6.07) is 8.45. The van der Waals surface area contributed by atoms with E-state index in [1.807, 2.05) is 0 Å². The van der Waals surface area contributed by atoms with Crippen molar-refractivity contribution in [2.45, 2.75) is 37.6 Å².